The van der Waals surface area contributed by atoms with Crippen molar-refractivity contribution in [2.75, 3.05) is 0 Å². The van der Waals surface area contributed by atoms with Crippen LogP contribution in [0.3, 0.4) is 0 Å². The van der Waals surface area contributed by atoms with Gasteiger partial charge in [0.2, 0.25) is 0 Å². The second-order valence-corrected chi connectivity index (χ2v) is 4.11. The molecule has 0 saturated heterocycles. The summed E-state index contributed by atoms with van der Waals surface area (Å²) < 4.78 is 0. The van der Waals surface area contributed by atoms with Gasteiger partial charge in [-0.25, -0.2) is 0 Å². The van der Waals surface area contributed by atoms with E-state index in [9.17, 15) is 0 Å². The van der Waals surface area contributed by atoms with Gasteiger partial charge in [-0.3, -0.25) is 0 Å². The van der Waals surface area contributed by atoms with E-state index in [1.54, 1.807) is 0 Å². The molecule has 0 amide bonds. The Bertz CT molecular complexity index is 94.1. The fourth-order valence-electron chi connectivity index (χ4n) is 1.57. The highest BCUT2D eigenvalue weighted by Gasteiger charge is 2.00. The standard InChI is InChI=1S/C11H25BO/c1-3-4-5-6-7-8-9-10-11-12(2)13/h13H,3-11H2,1-2H3. The van der Waals surface area contributed by atoms with Crippen molar-refractivity contribution in [3.8, 4) is 0 Å². The zero-order valence-electron chi connectivity index (χ0n) is 9.39. The maximum absolute atomic E-state index is 9.03. The Kier molecular flexibility index (Phi) is 10.1. The lowest BCUT2D eigenvalue weighted by Crippen LogP contribution is -2.03. The van der Waals surface area contributed by atoms with Crippen molar-refractivity contribution in [2.45, 2.75) is 71.4 Å². The van der Waals surface area contributed by atoms with Crippen LogP contribution in [0.15, 0.2) is 0 Å². The number of hydrogen-bond donors (Lipinski definition) is 1. The van der Waals surface area contributed by atoms with Gasteiger partial charge in [0.1, 0.15) is 0 Å². The van der Waals surface area contributed by atoms with Gasteiger partial charge >= 0.3 is 0 Å². The van der Waals surface area contributed by atoms with Crippen LogP contribution in [0.5, 0.6) is 0 Å². The molecule has 0 rings (SSSR count). The van der Waals surface area contributed by atoms with Crippen LogP contribution in [0.4, 0.5) is 0 Å². The minimum atomic E-state index is -0.0971. The summed E-state index contributed by atoms with van der Waals surface area (Å²) in [6, 6.07) is 0. The summed E-state index contributed by atoms with van der Waals surface area (Å²) in [7, 11) is 0. The zero-order valence-corrected chi connectivity index (χ0v) is 9.39. The van der Waals surface area contributed by atoms with E-state index in [4.69, 9.17) is 5.02 Å². The lowest BCUT2D eigenvalue weighted by molar-refractivity contribution is 0.555. The largest absolute Gasteiger partial charge is 0.451 e. The summed E-state index contributed by atoms with van der Waals surface area (Å²) in [5, 5.41) is 9.03. The van der Waals surface area contributed by atoms with Crippen LogP contribution in [0.1, 0.15) is 58.3 Å². The molecule has 0 radical (unpaired) electrons. The maximum atomic E-state index is 9.03. The summed E-state index contributed by atoms with van der Waals surface area (Å²) in [6.07, 6.45) is 11.8. The summed E-state index contributed by atoms with van der Waals surface area (Å²) in [6.45, 7) is 4.03. The molecule has 1 nitrogen and oxygen atoms in total. The van der Waals surface area contributed by atoms with E-state index in [2.05, 4.69) is 6.92 Å². The second-order valence-electron chi connectivity index (χ2n) is 4.11. The van der Waals surface area contributed by atoms with Crippen LogP contribution in [-0.4, -0.2) is 11.9 Å². The molecular formula is C11H25BO. The van der Waals surface area contributed by atoms with Gasteiger partial charge in [-0.2, -0.15) is 0 Å². The van der Waals surface area contributed by atoms with Gasteiger partial charge in [0.25, 0.3) is 6.92 Å². The average molecular weight is 184 g/mol. The van der Waals surface area contributed by atoms with E-state index in [0.29, 0.717) is 0 Å². The Balaban J connectivity index is 2.84. The Morgan fingerprint density at radius 1 is 0.846 bits per heavy atom. The van der Waals surface area contributed by atoms with Crippen LogP contribution in [0.25, 0.3) is 0 Å². The minimum Gasteiger partial charge on any atom is -0.451 e. The maximum Gasteiger partial charge on any atom is 0.285 e. The summed E-state index contributed by atoms with van der Waals surface area (Å²) >= 11 is 0. The molecule has 0 aromatic rings. The predicted molar refractivity (Wildman–Crippen MR) is 61.3 cm³/mol. The van der Waals surface area contributed by atoms with E-state index in [-0.39, 0.29) is 6.92 Å². The van der Waals surface area contributed by atoms with Crippen molar-refractivity contribution in [3.05, 3.63) is 0 Å². The Morgan fingerprint density at radius 3 is 1.77 bits per heavy atom. The second kappa shape index (κ2) is 10.1. The van der Waals surface area contributed by atoms with Crippen molar-refractivity contribution < 1.29 is 5.02 Å². The van der Waals surface area contributed by atoms with Crippen molar-refractivity contribution in [3.63, 3.8) is 0 Å². The fourth-order valence-corrected chi connectivity index (χ4v) is 1.57. The first-order valence-electron chi connectivity index (χ1n) is 5.95. The smallest absolute Gasteiger partial charge is 0.285 e. The third-order valence-electron chi connectivity index (χ3n) is 2.48. The van der Waals surface area contributed by atoms with Crippen molar-refractivity contribution in [1.29, 1.82) is 0 Å². The molecule has 0 aromatic heterocycles. The molecule has 78 valence electrons. The van der Waals surface area contributed by atoms with Crippen molar-refractivity contribution in [2.24, 2.45) is 0 Å². The van der Waals surface area contributed by atoms with Gasteiger partial charge in [0.15, 0.2) is 0 Å². The Morgan fingerprint density at radius 2 is 1.31 bits per heavy atom. The zero-order chi connectivity index (χ0) is 9.94. The monoisotopic (exact) mass is 184 g/mol. The van der Waals surface area contributed by atoms with Crippen molar-refractivity contribution in [1.82, 2.24) is 0 Å². The van der Waals surface area contributed by atoms with Crippen LogP contribution < -0.4 is 0 Å². The van der Waals surface area contributed by atoms with Gasteiger partial charge in [-0.05, 0) is 6.32 Å². The number of unbranched alkanes of at least 4 members (excludes halogenated alkanes) is 7. The first kappa shape index (κ1) is 13.0. The van der Waals surface area contributed by atoms with Gasteiger partial charge in [0, 0.05) is 0 Å². The lowest BCUT2D eigenvalue weighted by atomic mass is 9.67. The summed E-state index contributed by atoms with van der Waals surface area (Å²) in [5.41, 5.74) is 0. The molecular weight excluding hydrogens is 159 g/mol. The van der Waals surface area contributed by atoms with Gasteiger partial charge < -0.3 is 5.02 Å². The topological polar surface area (TPSA) is 20.2 Å². The van der Waals surface area contributed by atoms with Crippen LogP contribution >= 0.6 is 0 Å². The molecule has 1 N–H and O–H groups in total. The predicted octanol–water partition coefficient (Wildman–Crippen LogP) is 3.74. The molecule has 0 aromatic carbocycles. The molecule has 0 unspecified atom stereocenters. The highest BCUT2D eigenvalue weighted by atomic mass is 16.2. The van der Waals surface area contributed by atoms with Crippen LogP contribution in [0, 0.1) is 0 Å². The van der Waals surface area contributed by atoms with Crippen LogP contribution in [-0.2, 0) is 0 Å². The minimum absolute atomic E-state index is 0.0971. The third kappa shape index (κ3) is 12.0. The lowest BCUT2D eigenvalue weighted by Gasteiger charge is -2.01. The first-order valence-corrected chi connectivity index (χ1v) is 5.95. The van der Waals surface area contributed by atoms with Gasteiger partial charge in [0.05, 0.1) is 0 Å². The Hall–Kier alpha value is 0.0249. The molecule has 0 aliphatic carbocycles. The van der Waals surface area contributed by atoms with E-state index in [1.807, 2.05) is 6.82 Å². The van der Waals surface area contributed by atoms with E-state index >= 15 is 0 Å². The van der Waals surface area contributed by atoms with E-state index in [1.165, 1.54) is 51.4 Å². The molecule has 0 fully saturated rings. The van der Waals surface area contributed by atoms with E-state index < -0.39 is 0 Å². The van der Waals surface area contributed by atoms with Crippen molar-refractivity contribution >= 4 is 6.92 Å². The van der Waals surface area contributed by atoms with Gasteiger partial charge in [-0.15, -0.1) is 0 Å². The fraction of sp³-hybridized carbons (Fsp3) is 1.00. The quantitative estimate of drug-likeness (QED) is 0.427. The Labute approximate surface area is 84.0 Å². The van der Waals surface area contributed by atoms with E-state index in [0.717, 1.165) is 6.32 Å². The molecule has 0 atom stereocenters. The highest BCUT2D eigenvalue weighted by Crippen LogP contribution is 2.10. The number of rotatable bonds is 9. The molecule has 0 saturated carbocycles. The third-order valence-corrected chi connectivity index (χ3v) is 2.48. The summed E-state index contributed by atoms with van der Waals surface area (Å²) in [4.78, 5) is 0. The first-order chi connectivity index (χ1) is 6.27. The normalized spacial score (nSPS) is 10.4. The molecule has 13 heavy (non-hydrogen) atoms. The molecule has 2 heteroatoms. The SMILES string of the molecule is CCCCCCCCCCB(C)O. The molecule has 0 bridgehead atoms. The highest BCUT2D eigenvalue weighted by molar-refractivity contribution is 6.48. The average Bonchev–Trinajstić information content (AvgIpc) is 2.09. The van der Waals surface area contributed by atoms with Gasteiger partial charge in [-0.1, -0.05) is 65.1 Å². The van der Waals surface area contributed by atoms with Crippen LogP contribution in [0.2, 0.25) is 13.1 Å². The molecule has 0 heterocycles. The number of hydrogen-bond acceptors (Lipinski definition) is 1. The molecule has 0 aliphatic rings. The molecule has 0 aliphatic heterocycles. The summed E-state index contributed by atoms with van der Waals surface area (Å²) in [5.74, 6) is 0. The molecule has 0 spiro atoms.